The molecule has 0 heterocycles. The number of rotatable bonds is 1. The SMILES string of the molecule is O=P(O)(O)c1ccccc1.[AlH3].[CaH2].[MgH2]. The van der Waals surface area contributed by atoms with E-state index in [1.165, 1.54) is 12.1 Å². The van der Waals surface area contributed by atoms with Crippen LogP contribution in [-0.4, -0.2) is 87.9 Å². The predicted molar refractivity (Wildman–Crippen MR) is 65.1 cm³/mol. The summed E-state index contributed by atoms with van der Waals surface area (Å²) >= 11 is 0. The van der Waals surface area contributed by atoms with Crippen LogP contribution in [0.15, 0.2) is 30.3 Å². The van der Waals surface area contributed by atoms with Gasteiger partial charge in [0.25, 0.3) is 0 Å². The molecule has 7 heteroatoms. The Morgan fingerprint density at radius 2 is 1.46 bits per heavy atom. The van der Waals surface area contributed by atoms with E-state index >= 15 is 0 Å². The summed E-state index contributed by atoms with van der Waals surface area (Å²) in [5.41, 5.74) is 0. The van der Waals surface area contributed by atoms with Gasteiger partial charge in [0.1, 0.15) is 0 Å². The second-order valence-electron chi connectivity index (χ2n) is 1.88. The molecule has 0 bridgehead atoms. The summed E-state index contributed by atoms with van der Waals surface area (Å²) in [7, 11) is -4.02. The molecule has 68 valence electrons. The minimum Gasteiger partial charge on any atom is 0.316 e. The summed E-state index contributed by atoms with van der Waals surface area (Å²) in [6.07, 6.45) is 0. The average molecular weight is 257 g/mol. The van der Waals surface area contributed by atoms with Crippen LogP contribution in [-0.2, 0) is 4.57 Å². The van der Waals surface area contributed by atoms with Crippen LogP contribution in [0, 0.1) is 0 Å². The van der Waals surface area contributed by atoms with E-state index in [1.807, 2.05) is 0 Å². The predicted octanol–water partition coefficient (Wildman–Crippen LogP) is -2.53. The summed E-state index contributed by atoms with van der Waals surface area (Å²) in [5.74, 6) is 0. The third kappa shape index (κ3) is 7.81. The zero-order valence-electron chi connectivity index (χ0n) is 5.14. The Morgan fingerprint density at radius 3 is 1.69 bits per heavy atom. The first-order valence-electron chi connectivity index (χ1n) is 2.72. The van der Waals surface area contributed by atoms with E-state index in [0.717, 1.165) is 0 Å². The first kappa shape index (κ1) is 20.4. The van der Waals surface area contributed by atoms with Crippen LogP contribution in [0.2, 0.25) is 0 Å². The Balaban J connectivity index is -0.000000333. The molecular weight excluding hydrogens is 242 g/mol. The molecule has 0 aromatic heterocycles. The maximum Gasteiger partial charge on any atom is 0.316 e. The van der Waals surface area contributed by atoms with Gasteiger partial charge < -0.3 is 9.79 Å². The molecule has 1 aromatic carbocycles. The van der Waals surface area contributed by atoms with Crippen molar-refractivity contribution in [3.63, 3.8) is 0 Å². The fraction of sp³-hybridized carbons (Fsp3) is 0. The van der Waals surface area contributed by atoms with Crippen molar-refractivity contribution in [1.29, 1.82) is 0 Å². The molecular formula is C6H14AlCaMgO3P. The Bertz CT molecular complexity index is 266. The molecule has 0 atom stereocenters. The molecule has 0 aliphatic rings. The Hall–Kier alpha value is 1.93. The van der Waals surface area contributed by atoms with Crippen molar-refractivity contribution in [2.24, 2.45) is 0 Å². The minimum atomic E-state index is -4.02. The summed E-state index contributed by atoms with van der Waals surface area (Å²) < 4.78 is 10.5. The van der Waals surface area contributed by atoms with Gasteiger partial charge in [-0.25, -0.2) is 0 Å². The van der Waals surface area contributed by atoms with Crippen LogP contribution in [0.25, 0.3) is 0 Å². The molecule has 0 aliphatic heterocycles. The average Bonchev–Trinajstić information content (AvgIpc) is 1.88. The molecule has 0 saturated carbocycles. The Labute approximate surface area is 134 Å². The van der Waals surface area contributed by atoms with Gasteiger partial charge in [0, 0.05) is 0 Å². The van der Waals surface area contributed by atoms with Crippen molar-refractivity contribution in [3.8, 4) is 0 Å². The first-order valence-corrected chi connectivity index (χ1v) is 4.33. The molecule has 0 aliphatic carbocycles. The molecule has 0 radical (unpaired) electrons. The standard InChI is InChI=1S/C6H7O3P.Al.Ca.Mg.7H/c7-10(8,9)6-4-2-1-3-5-6;;;;;;;;;;/h1-5H,(H2,7,8,9);;;;;;;;;;. The van der Waals surface area contributed by atoms with Crippen LogP contribution < -0.4 is 5.30 Å². The fourth-order valence-electron chi connectivity index (χ4n) is 0.622. The van der Waals surface area contributed by atoms with E-state index in [0.29, 0.717) is 0 Å². The fourth-order valence-corrected chi connectivity index (χ4v) is 1.18. The molecule has 1 rings (SSSR count). The summed E-state index contributed by atoms with van der Waals surface area (Å²) in [6.45, 7) is 0. The second-order valence-corrected chi connectivity index (χ2v) is 3.48. The second kappa shape index (κ2) is 9.18. The van der Waals surface area contributed by atoms with Gasteiger partial charge in [0.2, 0.25) is 0 Å². The zero-order valence-corrected chi connectivity index (χ0v) is 6.03. The molecule has 2 N–H and O–H groups in total. The minimum absolute atomic E-state index is 0. The normalized spacial score (nSPS) is 8.77. The zero-order chi connectivity index (χ0) is 7.61. The van der Waals surface area contributed by atoms with E-state index < -0.39 is 7.60 Å². The van der Waals surface area contributed by atoms with Gasteiger partial charge in [-0.1, -0.05) is 18.2 Å². The van der Waals surface area contributed by atoms with Gasteiger partial charge >= 0.3 is 68.4 Å². The van der Waals surface area contributed by atoms with Gasteiger partial charge in [0.15, 0.2) is 17.4 Å². The van der Waals surface area contributed by atoms with E-state index in [4.69, 9.17) is 9.79 Å². The number of benzene rings is 1. The molecule has 13 heavy (non-hydrogen) atoms. The summed E-state index contributed by atoms with van der Waals surface area (Å²) in [4.78, 5) is 17.2. The van der Waals surface area contributed by atoms with Gasteiger partial charge in [-0.2, -0.15) is 0 Å². The van der Waals surface area contributed by atoms with E-state index in [1.54, 1.807) is 18.2 Å². The summed E-state index contributed by atoms with van der Waals surface area (Å²) in [6, 6.07) is 7.70. The molecule has 3 nitrogen and oxygen atoms in total. The first-order chi connectivity index (χ1) is 4.61. The van der Waals surface area contributed by atoms with Crippen LogP contribution in [0.3, 0.4) is 0 Å². The maximum atomic E-state index is 10.5. The number of hydrogen-bond acceptors (Lipinski definition) is 1. The van der Waals surface area contributed by atoms with Gasteiger partial charge in [-0.05, 0) is 12.1 Å². The van der Waals surface area contributed by atoms with Crippen LogP contribution >= 0.6 is 7.60 Å². The smallest absolute Gasteiger partial charge is 0.316 e. The Kier molecular flexibility index (Phi) is 14.4. The third-order valence-electron chi connectivity index (χ3n) is 1.09. The molecule has 0 amide bonds. The molecule has 0 unspecified atom stereocenters. The van der Waals surface area contributed by atoms with Crippen molar-refractivity contribution in [1.82, 2.24) is 0 Å². The van der Waals surface area contributed by atoms with Crippen molar-refractivity contribution in [2.75, 3.05) is 0 Å². The molecule has 0 fully saturated rings. The van der Waals surface area contributed by atoms with Crippen molar-refractivity contribution in [3.05, 3.63) is 30.3 Å². The van der Waals surface area contributed by atoms with E-state index in [-0.39, 0.29) is 83.5 Å². The van der Waals surface area contributed by atoms with Crippen LogP contribution in [0.4, 0.5) is 0 Å². The van der Waals surface area contributed by atoms with Crippen LogP contribution in [0.5, 0.6) is 0 Å². The van der Waals surface area contributed by atoms with E-state index in [2.05, 4.69) is 0 Å². The molecule has 0 spiro atoms. The third-order valence-corrected chi connectivity index (χ3v) is 2.06. The van der Waals surface area contributed by atoms with Gasteiger partial charge in [-0.15, -0.1) is 0 Å². The Morgan fingerprint density at radius 1 is 1.08 bits per heavy atom. The molecule has 1 aromatic rings. The largest absolute Gasteiger partial charge is 0.316 e. The van der Waals surface area contributed by atoms with Crippen molar-refractivity contribution >= 4 is 91.1 Å². The van der Waals surface area contributed by atoms with Crippen molar-refractivity contribution < 1.29 is 14.4 Å². The van der Waals surface area contributed by atoms with Crippen molar-refractivity contribution in [2.45, 2.75) is 0 Å². The topological polar surface area (TPSA) is 57.5 Å². The monoisotopic (exact) mass is 256 g/mol. The van der Waals surface area contributed by atoms with Gasteiger partial charge in [-0.3, -0.25) is 4.57 Å². The van der Waals surface area contributed by atoms with E-state index in [9.17, 15) is 4.57 Å². The number of hydrogen-bond donors (Lipinski definition) is 2. The molecule has 0 saturated heterocycles. The summed E-state index contributed by atoms with van der Waals surface area (Å²) in [5, 5.41) is 0.0648. The maximum absolute atomic E-state index is 10.5. The quantitative estimate of drug-likeness (QED) is 0.430. The van der Waals surface area contributed by atoms with Crippen LogP contribution in [0.1, 0.15) is 0 Å². The van der Waals surface area contributed by atoms with Gasteiger partial charge in [0.05, 0.1) is 5.30 Å².